The molecule has 1 N–H and O–H groups in total. The van der Waals surface area contributed by atoms with Gasteiger partial charge in [-0.05, 0) is 25.5 Å². The van der Waals surface area contributed by atoms with Crippen molar-refractivity contribution < 1.29 is 4.42 Å². The third-order valence-electron chi connectivity index (χ3n) is 3.89. The summed E-state index contributed by atoms with van der Waals surface area (Å²) in [5.41, 5.74) is 2.40. The van der Waals surface area contributed by atoms with E-state index in [-0.39, 0.29) is 0 Å². The summed E-state index contributed by atoms with van der Waals surface area (Å²) in [6, 6.07) is 8.75. The fourth-order valence-corrected chi connectivity index (χ4v) is 3.87. The smallest absolute Gasteiger partial charge is 0.134 e. The highest BCUT2D eigenvalue weighted by molar-refractivity contribution is 7.99. The Bertz CT molecular complexity index is 563. The molecule has 2 atom stereocenters. The number of nitrogens with one attached hydrogen (secondary N) is 1. The van der Waals surface area contributed by atoms with E-state index in [1.165, 1.54) is 17.4 Å². The molecule has 1 fully saturated rings. The van der Waals surface area contributed by atoms with Crippen molar-refractivity contribution >= 4 is 22.7 Å². The number of aryl methyl sites for hydroxylation is 1. The molecule has 0 spiro atoms. The maximum atomic E-state index is 6.14. The Labute approximate surface area is 118 Å². The highest BCUT2D eigenvalue weighted by Crippen LogP contribution is 2.34. The van der Waals surface area contributed by atoms with Crippen molar-refractivity contribution in [3.63, 3.8) is 0 Å². The number of rotatable bonds is 2. The Hall–Kier alpha value is -0.930. The van der Waals surface area contributed by atoms with E-state index in [0.29, 0.717) is 6.04 Å². The SMILES string of the molecule is CCc1c(C2CSC(C)CCN2)oc2ccccc12. The molecule has 2 unspecified atom stereocenters. The van der Waals surface area contributed by atoms with Crippen molar-refractivity contribution in [3.8, 4) is 0 Å². The van der Waals surface area contributed by atoms with Crippen LogP contribution in [0.5, 0.6) is 0 Å². The first-order valence-electron chi connectivity index (χ1n) is 7.15. The molecule has 1 aromatic heterocycles. The van der Waals surface area contributed by atoms with Gasteiger partial charge in [0.2, 0.25) is 0 Å². The van der Waals surface area contributed by atoms with E-state index in [1.807, 2.05) is 17.8 Å². The van der Waals surface area contributed by atoms with Crippen LogP contribution in [0.4, 0.5) is 0 Å². The van der Waals surface area contributed by atoms with E-state index in [0.717, 1.165) is 35.3 Å². The summed E-state index contributed by atoms with van der Waals surface area (Å²) in [5, 5.41) is 5.67. The Morgan fingerprint density at radius 2 is 2.21 bits per heavy atom. The summed E-state index contributed by atoms with van der Waals surface area (Å²) >= 11 is 2.05. The Balaban J connectivity index is 1.99. The summed E-state index contributed by atoms with van der Waals surface area (Å²) < 4.78 is 6.14. The maximum absolute atomic E-state index is 6.14. The molecule has 0 radical (unpaired) electrons. The topological polar surface area (TPSA) is 25.2 Å². The van der Waals surface area contributed by atoms with Crippen LogP contribution in [0.1, 0.15) is 37.6 Å². The van der Waals surface area contributed by atoms with Crippen LogP contribution in [0.3, 0.4) is 0 Å². The quantitative estimate of drug-likeness (QED) is 0.891. The number of para-hydroxylation sites is 1. The fraction of sp³-hybridized carbons (Fsp3) is 0.500. The molecule has 1 aliphatic heterocycles. The Morgan fingerprint density at radius 3 is 3.05 bits per heavy atom. The van der Waals surface area contributed by atoms with E-state index < -0.39 is 0 Å². The number of fused-ring (bicyclic) bond motifs is 1. The van der Waals surface area contributed by atoms with Gasteiger partial charge in [0.1, 0.15) is 11.3 Å². The highest BCUT2D eigenvalue weighted by Gasteiger charge is 2.24. The second-order valence-electron chi connectivity index (χ2n) is 5.23. The number of hydrogen-bond donors (Lipinski definition) is 1. The molecular formula is C16H21NOS. The molecule has 102 valence electrons. The average molecular weight is 275 g/mol. The lowest BCUT2D eigenvalue weighted by atomic mass is 10.0. The molecule has 2 aromatic rings. The van der Waals surface area contributed by atoms with Gasteiger partial charge >= 0.3 is 0 Å². The zero-order valence-corrected chi connectivity index (χ0v) is 12.4. The lowest BCUT2D eigenvalue weighted by molar-refractivity contribution is 0.453. The van der Waals surface area contributed by atoms with Crippen molar-refractivity contribution in [2.24, 2.45) is 0 Å². The van der Waals surface area contributed by atoms with Crippen molar-refractivity contribution in [2.45, 2.75) is 38.0 Å². The van der Waals surface area contributed by atoms with Crippen LogP contribution in [0.15, 0.2) is 28.7 Å². The second kappa shape index (κ2) is 5.59. The molecule has 1 aliphatic rings. The molecule has 2 nitrogen and oxygen atoms in total. The van der Waals surface area contributed by atoms with Gasteiger partial charge in [-0.1, -0.05) is 32.0 Å². The molecule has 1 saturated heterocycles. The van der Waals surface area contributed by atoms with E-state index in [1.54, 1.807) is 0 Å². The average Bonchev–Trinajstić information content (AvgIpc) is 2.67. The lowest BCUT2D eigenvalue weighted by Crippen LogP contribution is -2.23. The minimum Gasteiger partial charge on any atom is -0.459 e. The van der Waals surface area contributed by atoms with Gasteiger partial charge in [-0.25, -0.2) is 0 Å². The summed E-state index contributed by atoms with van der Waals surface area (Å²) in [6.07, 6.45) is 2.27. The van der Waals surface area contributed by atoms with Gasteiger partial charge in [0.05, 0.1) is 6.04 Å². The lowest BCUT2D eigenvalue weighted by Gasteiger charge is -2.14. The maximum Gasteiger partial charge on any atom is 0.134 e. The Kier molecular flexibility index (Phi) is 3.85. The van der Waals surface area contributed by atoms with Crippen LogP contribution in [-0.2, 0) is 6.42 Å². The van der Waals surface area contributed by atoms with Gasteiger partial charge in [-0.15, -0.1) is 0 Å². The summed E-state index contributed by atoms with van der Waals surface area (Å²) in [6.45, 7) is 5.61. The van der Waals surface area contributed by atoms with Crippen molar-refractivity contribution in [1.82, 2.24) is 5.32 Å². The van der Waals surface area contributed by atoms with E-state index >= 15 is 0 Å². The minimum atomic E-state index is 0.359. The van der Waals surface area contributed by atoms with Gasteiger partial charge in [0.15, 0.2) is 0 Å². The van der Waals surface area contributed by atoms with Gasteiger partial charge in [0, 0.05) is 22.0 Å². The van der Waals surface area contributed by atoms with Crippen LogP contribution >= 0.6 is 11.8 Å². The number of benzene rings is 1. The molecule has 0 bridgehead atoms. The Morgan fingerprint density at radius 1 is 1.37 bits per heavy atom. The number of thioether (sulfide) groups is 1. The first kappa shape index (κ1) is 13.1. The fourth-order valence-electron chi connectivity index (χ4n) is 2.80. The second-order valence-corrected chi connectivity index (χ2v) is 6.71. The molecule has 1 aromatic carbocycles. The normalized spacial score (nSPS) is 24.5. The predicted molar refractivity (Wildman–Crippen MR) is 82.9 cm³/mol. The summed E-state index contributed by atoms with van der Waals surface area (Å²) in [5.74, 6) is 2.26. The van der Waals surface area contributed by atoms with Gasteiger partial charge < -0.3 is 9.73 Å². The van der Waals surface area contributed by atoms with Crippen molar-refractivity contribution in [3.05, 3.63) is 35.6 Å². The number of hydrogen-bond acceptors (Lipinski definition) is 3. The van der Waals surface area contributed by atoms with Crippen LogP contribution in [0.2, 0.25) is 0 Å². The molecule has 3 rings (SSSR count). The van der Waals surface area contributed by atoms with E-state index in [9.17, 15) is 0 Å². The molecule has 2 heterocycles. The molecular weight excluding hydrogens is 254 g/mol. The standard InChI is InChI=1S/C16H21NOS/c1-3-12-13-6-4-5-7-15(13)18-16(12)14-10-19-11(2)8-9-17-14/h4-7,11,14,17H,3,8-10H2,1-2H3. The van der Waals surface area contributed by atoms with Gasteiger partial charge in [-0.2, -0.15) is 11.8 Å². The van der Waals surface area contributed by atoms with Gasteiger partial charge in [0.25, 0.3) is 0 Å². The third-order valence-corrected chi connectivity index (χ3v) is 5.22. The molecule has 0 amide bonds. The van der Waals surface area contributed by atoms with Gasteiger partial charge in [-0.3, -0.25) is 0 Å². The summed E-state index contributed by atoms with van der Waals surface area (Å²) in [4.78, 5) is 0. The van der Waals surface area contributed by atoms with Crippen LogP contribution in [-0.4, -0.2) is 17.5 Å². The van der Waals surface area contributed by atoms with E-state index in [2.05, 4.69) is 37.4 Å². The first-order valence-corrected chi connectivity index (χ1v) is 8.19. The van der Waals surface area contributed by atoms with Crippen molar-refractivity contribution in [2.75, 3.05) is 12.3 Å². The van der Waals surface area contributed by atoms with Crippen LogP contribution < -0.4 is 5.32 Å². The zero-order chi connectivity index (χ0) is 13.2. The molecule has 0 saturated carbocycles. The first-order chi connectivity index (χ1) is 9.29. The van der Waals surface area contributed by atoms with E-state index in [4.69, 9.17) is 4.42 Å². The summed E-state index contributed by atoms with van der Waals surface area (Å²) in [7, 11) is 0. The van der Waals surface area contributed by atoms with Crippen LogP contribution in [0.25, 0.3) is 11.0 Å². The minimum absolute atomic E-state index is 0.359. The predicted octanol–water partition coefficient (Wildman–Crippen LogP) is 4.15. The largest absolute Gasteiger partial charge is 0.459 e. The molecule has 0 aliphatic carbocycles. The number of furan rings is 1. The third kappa shape index (κ3) is 2.54. The molecule has 19 heavy (non-hydrogen) atoms. The highest BCUT2D eigenvalue weighted by atomic mass is 32.2. The van der Waals surface area contributed by atoms with Crippen LogP contribution in [0, 0.1) is 0 Å². The molecule has 3 heteroatoms. The monoisotopic (exact) mass is 275 g/mol. The zero-order valence-electron chi connectivity index (χ0n) is 11.6. The van der Waals surface area contributed by atoms with Crippen molar-refractivity contribution in [1.29, 1.82) is 0 Å².